The van der Waals surface area contributed by atoms with Gasteiger partial charge in [0.2, 0.25) is 0 Å². The normalized spacial score (nSPS) is 20.8. The van der Waals surface area contributed by atoms with Crippen LogP contribution in [0.5, 0.6) is 0 Å². The van der Waals surface area contributed by atoms with Gasteiger partial charge in [-0.1, -0.05) is 48.2 Å². The number of hydrogen-bond donors (Lipinski definition) is 2. The number of aliphatic hydroxyl groups excluding tert-OH is 1. The summed E-state index contributed by atoms with van der Waals surface area (Å²) in [4.78, 5) is 8.67. The summed E-state index contributed by atoms with van der Waals surface area (Å²) in [5, 5.41) is 14.7. The van der Waals surface area contributed by atoms with Gasteiger partial charge in [0.1, 0.15) is 12.6 Å². The van der Waals surface area contributed by atoms with Gasteiger partial charge >= 0.3 is 0 Å². The molecule has 1 fully saturated rings. The van der Waals surface area contributed by atoms with Crippen LogP contribution in [0.15, 0.2) is 53.5 Å². The average molecular weight is 424 g/mol. The van der Waals surface area contributed by atoms with Crippen molar-refractivity contribution < 1.29 is 10.0 Å². The standard InChI is InChI=1S/C24H30N4OS/c1-24(2)17-25-23(30-24)27-13-11-26(12-14-27)15-18(29)16-28-21-9-5-3-7-19(21)20-8-4-6-10-22(20)28/h3-10,18,29H,11-17H2,1-2H3/p+1/t18-/m0/s1. The van der Waals surface area contributed by atoms with Crippen LogP contribution in [-0.2, 0) is 6.54 Å². The van der Waals surface area contributed by atoms with E-state index < -0.39 is 0 Å². The van der Waals surface area contributed by atoms with Crippen molar-refractivity contribution in [2.45, 2.75) is 31.2 Å². The highest BCUT2D eigenvalue weighted by atomic mass is 32.2. The SMILES string of the molecule is CC1(C)CN=C(N2CC[NH+](C[C@H](O)Cn3c4ccccc4c4ccccc43)CC2)S1. The molecule has 0 amide bonds. The molecule has 0 radical (unpaired) electrons. The lowest BCUT2D eigenvalue weighted by Crippen LogP contribution is -3.15. The van der Waals surface area contributed by atoms with Gasteiger partial charge < -0.3 is 19.5 Å². The summed E-state index contributed by atoms with van der Waals surface area (Å²) < 4.78 is 2.52. The second-order valence-electron chi connectivity index (χ2n) is 9.20. The Kier molecular flexibility index (Phi) is 5.25. The highest BCUT2D eigenvalue weighted by molar-refractivity contribution is 8.15. The minimum Gasteiger partial charge on any atom is -0.385 e. The number of rotatable bonds is 4. The lowest BCUT2D eigenvalue weighted by atomic mass is 10.2. The highest BCUT2D eigenvalue weighted by Crippen LogP contribution is 2.33. The molecule has 6 heteroatoms. The summed E-state index contributed by atoms with van der Waals surface area (Å²) in [7, 11) is 0. The van der Waals surface area contributed by atoms with Gasteiger partial charge in [0.15, 0.2) is 5.17 Å². The number of aliphatic imine (C=N–C) groups is 1. The lowest BCUT2D eigenvalue weighted by molar-refractivity contribution is -0.907. The summed E-state index contributed by atoms with van der Waals surface area (Å²) in [5.74, 6) is 0. The predicted octanol–water partition coefficient (Wildman–Crippen LogP) is 2.24. The first-order valence-corrected chi connectivity index (χ1v) is 11.8. The Balaban J connectivity index is 1.24. The Hall–Kier alpha value is -2.02. The van der Waals surface area contributed by atoms with E-state index in [1.54, 1.807) is 0 Å². The molecule has 3 heterocycles. The van der Waals surface area contributed by atoms with Crippen LogP contribution in [0, 0.1) is 0 Å². The molecule has 2 N–H and O–H groups in total. The molecule has 1 saturated heterocycles. The van der Waals surface area contributed by atoms with E-state index in [0.29, 0.717) is 6.54 Å². The molecule has 1 aromatic heterocycles. The summed E-state index contributed by atoms with van der Waals surface area (Å²) in [5.41, 5.74) is 2.41. The fourth-order valence-electron chi connectivity index (χ4n) is 4.76. The maximum Gasteiger partial charge on any atom is 0.160 e. The maximum atomic E-state index is 11.0. The minimum atomic E-state index is -0.358. The molecule has 0 spiro atoms. The van der Waals surface area contributed by atoms with E-state index in [9.17, 15) is 5.11 Å². The van der Waals surface area contributed by atoms with Crippen molar-refractivity contribution >= 4 is 38.7 Å². The molecule has 2 aliphatic rings. The van der Waals surface area contributed by atoms with Crippen LogP contribution in [0.3, 0.4) is 0 Å². The fraction of sp³-hybridized carbons (Fsp3) is 0.458. The zero-order valence-electron chi connectivity index (χ0n) is 17.8. The molecule has 3 aromatic rings. The third kappa shape index (κ3) is 3.84. The molecule has 0 unspecified atom stereocenters. The number of nitrogens with zero attached hydrogens (tertiary/aromatic N) is 3. The number of hydrogen-bond acceptors (Lipinski definition) is 4. The molecule has 0 saturated carbocycles. The third-order valence-electron chi connectivity index (χ3n) is 6.30. The number of aromatic nitrogens is 1. The zero-order valence-corrected chi connectivity index (χ0v) is 18.7. The molecule has 1 atom stereocenters. The number of thioether (sulfide) groups is 1. The first kappa shape index (κ1) is 19.9. The van der Waals surface area contributed by atoms with Crippen LogP contribution in [0.25, 0.3) is 21.8 Å². The van der Waals surface area contributed by atoms with Crippen LogP contribution >= 0.6 is 11.8 Å². The third-order valence-corrected chi connectivity index (χ3v) is 7.55. The van der Waals surface area contributed by atoms with E-state index in [0.717, 1.165) is 39.3 Å². The molecule has 30 heavy (non-hydrogen) atoms. The number of amidine groups is 1. The number of fused-ring (bicyclic) bond motifs is 3. The Morgan fingerprint density at radius 1 is 1.03 bits per heavy atom. The molecule has 0 aliphatic carbocycles. The predicted molar refractivity (Wildman–Crippen MR) is 127 cm³/mol. The molecule has 2 aromatic carbocycles. The van der Waals surface area contributed by atoms with Gasteiger partial charge in [0, 0.05) is 26.6 Å². The lowest BCUT2D eigenvalue weighted by Gasteiger charge is -2.34. The van der Waals surface area contributed by atoms with Crippen molar-refractivity contribution in [1.82, 2.24) is 9.47 Å². The van der Waals surface area contributed by atoms with Crippen LogP contribution in [0.2, 0.25) is 0 Å². The van der Waals surface area contributed by atoms with Crippen LogP contribution in [-0.4, -0.2) is 69.9 Å². The molecule has 2 aliphatic heterocycles. The Labute approximate surface area is 182 Å². The number of piperazine rings is 1. The van der Waals surface area contributed by atoms with Crippen molar-refractivity contribution in [3.63, 3.8) is 0 Å². The van der Waals surface area contributed by atoms with E-state index in [1.807, 2.05) is 11.8 Å². The van der Waals surface area contributed by atoms with Crippen molar-refractivity contribution in [3.8, 4) is 0 Å². The number of benzene rings is 2. The smallest absolute Gasteiger partial charge is 0.160 e. The molecular formula is C24H31N4OS+. The number of aliphatic hydroxyl groups is 1. The van der Waals surface area contributed by atoms with E-state index in [4.69, 9.17) is 4.99 Å². The summed E-state index contributed by atoms with van der Waals surface area (Å²) in [6, 6.07) is 17.0. The summed E-state index contributed by atoms with van der Waals surface area (Å²) in [6.45, 7) is 11.0. The Bertz CT molecular complexity index is 1030. The fourth-order valence-corrected chi connectivity index (χ4v) is 5.83. The molecule has 0 bridgehead atoms. The van der Waals surface area contributed by atoms with Crippen LogP contribution in [0.1, 0.15) is 13.8 Å². The van der Waals surface area contributed by atoms with Crippen molar-refractivity contribution in [2.75, 3.05) is 39.3 Å². The quantitative estimate of drug-likeness (QED) is 0.677. The number of nitrogens with one attached hydrogen (secondary N) is 1. The summed E-state index contributed by atoms with van der Waals surface area (Å²) in [6.07, 6.45) is -0.358. The number of para-hydroxylation sites is 2. The minimum absolute atomic E-state index is 0.234. The van der Waals surface area contributed by atoms with Crippen molar-refractivity contribution in [3.05, 3.63) is 48.5 Å². The van der Waals surface area contributed by atoms with Gasteiger partial charge in [-0.3, -0.25) is 4.99 Å². The first-order chi connectivity index (χ1) is 14.5. The molecular weight excluding hydrogens is 392 g/mol. The summed E-state index contributed by atoms with van der Waals surface area (Å²) >= 11 is 1.91. The van der Waals surface area contributed by atoms with Crippen LogP contribution in [0.4, 0.5) is 0 Å². The average Bonchev–Trinajstić information content (AvgIpc) is 3.27. The van der Waals surface area contributed by atoms with Gasteiger partial charge in [-0.05, 0) is 26.0 Å². The van der Waals surface area contributed by atoms with Crippen molar-refractivity contribution in [1.29, 1.82) is 0 Å². The molecule has 158 valence electrons. The Morgan fingerprint density at radius 2 is 1.63 bits per heavy atom. The van der Waals surface area contributed by atoms with Gasteiger partial charge in [-0.2, -0.15) is 0 Å². The highest BCUT2D eigenvalue weighted by Gasteiger charge is 2.32. The van der Waals surface area contributed by atoms with Crippen LogP contribution < -0.4 is 4.90 Å². The van der Waals surface area contributed by atoms with E-state index in [1.165, 1.54) is 31.9 Å². The largest absolute Gasteiger partial charge is 0.385 e. The second kappa shape index (κ2) is 7.91. The van der Waals surface area contributed by atoms with Gasteiger partial charge in [0.05, 0.1) is 39.3 Å². The zero-order chi connectivity index (χ0) is 20.7. The van der Waals surface area contributed by atoms with E-state index in [2.05, 4.69) is 71.8 Å². The van der Waals surface area contributed by atoms with Crippen molar-refractivity contribution in [2.24, 2.45) is 4.99 Å². The van der Waals surface area contributed by atoms with Gasteiger partial charge in [-0.25, -0.2) is 0 Å². The van der Waals surface area contributed by atoms with Gasteiger partial charge in [-0.15, -0.1) is 0 Å². The Morgan fingerprint density at radius 3 is 2.20 bits per heavy atom. The van der Waals surface area contributed by atoms with E-state index in [-0.39, 0.29) is 10.9 Å². The molecule has 5 nitrogen and oxygen atoms in total. The maximum absolute atomic E-state index is 11.0. The number of quaternary nitrogens is 1. The van der Waals surface area contributed by atoms with Gasteiger partial charge in [0.25, 0.3) is 0 Å². The molecule has 5 rings (SSSR count). The first-order valence-electron chi connectivity index (χ1n) is 11.0. The topological polar surface area (TPSA) is 45.2 Å². The monoisotopic (exact) mass is 423 g/mol. The second-order valence-corrected chi connectivity index (χ2v) is 10.9. The van der Waals surface area contributed by atoms with E-state index >= 15 is 0 Å².